The summed E-state index contributed by atoms with van der Waals surface area (Å²) in [7, 11) is 0. The van der Waals surface area contributed by atoms with Crippen molar-refractivity contribution in [3.8, 4) is 5.69 Å². The highest BCUT2D eigenvalue weighted by Crippen LogP contribution is 2.20. The molecule has 2 rings (SSSR count). The molecule has 0 saturated heterocycles. The molecule has 21 heavy (non-hydrogen) atoms. The van der Waals surface area contributed by atoms with E-state index in [1.165, 1.54) is 6.33 Å². The average Bonchev–Trinajstić information content (AvgIpc) is 2.95. The molecule has 0 aliphatic heterocycles. The van der Waals surface area contributed by atoms with E-state index >= 15 is 0 Å². The van der Waals surface area contributed by atoms with Crippen LogP contribution in [0, 0.1) is 18.8 Å². The molecule has 1 atom stereocenters. The molecule has 1 amide bonds. The fourth-order valence-corrected chi connectivity index (χ4v) is 2.12. The predicted molar refractivity (Wildman–Crippen MR) is 79.9 cm³/mol. The number of hydrogen-bond acceptors (Lipinski definition) is 5. The van der Waals surface area contributed by atoms with Crippen LogP contribution in [-0.2, 0) is 4.79 Å². The van der Waals surface area contributed by atoms with Gasteiger partial charge in [0.05, 0.1) is 11.6 Å². The summed E-state index contributed by atoms with van der Waals surface area (Å²) in [6.07, 6.45) is 1.52. The van der Waals surface area contributed by atoms with Gasteiger partial charge in [-0.05, 0) is 41.0 Å². The van der Waals surface area contributed by atoms with Crippen LogP contribution in [0.2, 0.25) is 0 Å². The Balaban J connectivity index is 2.22. The first kappa shape index (κ1) is 15.1. The van der Waals surface area contributed by atoms with Crippen LogP contribution < -0.4 is 11.1 Å². The second kappa shape index (κ2) is 6.45. The van der Waals surface area contributed by atoms with Gasteiger partial charge in [0.1, 0.15) is 6.33 Å². The largest absolute Gasteiger partial charge is 0.330 e. The number of nitrogens with two attached hydrogens (primary N) is 1. The first-order chi connectivity index (χ1) is 10.0. The number of aromatic nitrogens is 4. The molecule has 0 aliphatic carbocycles. The van der Waals surface area contributed by atoms with Gasteiger partial charge < -0.3 is 11.1 Å². The van der Waals surface area contributed by atoms with Crippen molar-refractivity contribution in [2.24, 2.45) is 17.6 Å². The number of benzene rings is 1. The van der Waals surface area contributed by atoms with E-state index in [2.05, 4.69) is 20.8 Å². The minimum absolute atomic E-state index is 0.0704. The third-order valence-corrected chi connectivity index (χ3v) is 3.47. The zero-order chi connectivity index (χ0) is 15.4. The molecule has 1 aromatic heterocycles. The minimum Gasteiger partial charge on any atom is -0.330 e. The van der Waals surface area contributed by atoms with E-state index in [0.717, 1.165) is 11.3 Å². The fourth-order valence-electron chi connectivity index (χ4n) is 2.12. The number of carbonyl (C=O) groups excluding carboxylic acids is 1. The molecule has 0 fully saturated rings. The Morgan fingerprint density at radius 3 is 2.76 bits per heavy atom. The Kier molecular flexibility index (Phi) is 4.64. The maximum Gasteiger partial charge on any atom is 0.229 e. The van der Waals surface area contributed by atoms with Crippen LogP contribution in [0.3, 0.4) is 0 Å². The lowest BCUT2D eigenvalue weighted by Crippen LogP contribution is -2.33. The van der Waals surface area contributed by atoms with Gasteiger partial charge in [-0.2, -0.15) is 0 Å². The lowest BCUT2D eigenvalue weighted by atomic mass is 9.95. The number of carbonyl (C=O) groups is 1. The maximum atomic E-state index is 12.2. The van der Waals surface area contributed by atoms with Gasteiger partial charge in [0.15, 0.2) is 0 Å². The van der Waals surface area contributed by atoms with Crippen molar-refractivity contribution >= 4 is 11.6 Å². The molecule has 3 N–H and O–H groups in total. The second-order valence-corrected chi connectivity index (χ2v) is 5.33. The third-order valence-electron chi connectivity index (χ3n) is 3.47. The smallest absolute Gasteiger partial charge is 0.229 e. The Morgan fingerprint density at radius 2 is 2.19 bits per heavy atom. The van der Waals surface area contributed by atoms with E-state index < -0.39 is 0 Å². The first-order valence-corrected chi connectivity index (χ1v) is 6.88. The summed E-state index contributed by atoms with van der Waals surface area (Å²) >= 11 is 0. The van der Waals surface area contributed by atoms with Crippen molar-refractivity contribution in [1.82, 2.24) is 20.2 Å². The average molecular weight is 288 g/mol. The van der Waals surface area contributed by atoms with Gasteiger partial charge in [0, 0.05) is 12.2 Å². The molecular formula is C14H20N6O. The zero-order valence-corrected chi connectivity index (χ0v) is 12.4. The van der Waals surface area contributed by atoms with Crippen LogP contribution in [-0.4, -0.2) is 32.7 Å². The molecule has 1 unspecified atom stereocenters. The molecule has 0 bridgehead atoms. The summed E-state index contributed by atoms with van der Waals surface area (Å²) in [5.41, 5.74) is 8.21. The molecule has 2 aromatic rings. The Bertz CT molecular complexity index is 608. The van der Waals surface area contributed by atoms with Gasteiger partial charge in [-0.15, -0.1) is 5.10 Å². The lowest BCUT2D eigenvalue weighted by Gasteiger charge is -2.18. The number of rotatable bonds is 5. The van der Waals surface area contributed by atoms with Crippen molar-refractivity contribution in [1.29, 1.82) is 0 Å². The normalized spacial score (nSPS) is 12.4. The van der Waals surface area contributed by atoms with Gasteiger partial charge in [0.2, 0.25) is 5.91 Å². The highest BCUT2D eigenvalue weighted by Gasteiger charge is 2.20. The molecule has 0 aliphatic rings. The van der Waals surface area contributed by atoms with Crippen LogP contribution in [0.25, 0.3) is 5.69 Å². The third kappa shape index (κ3) is 3.43. The monoisotopic (exact) mass is 288 g/mol. The number of hydrogen-bond donors (Lipinski definition) is 2. The number of aryl methyl sites for hydroxylation is 1. The molecular weight excluding hydrogens is 268 g/mol. The van der Waals surface area contributed by atoms with E-state index in [1.807, 2.05) is 39.0 Å². The van der Waals surface area contributed by atoms with E-state index in [-0.39, 0.29) is 17.7 Å². The van der Waals surface area contributed by atoms with E-state index in [9.17, 15) is 4.79 Å². The van der Waals surface area contributed by atoms with E-state index in [4.69, 9.17) is 5.73 Å². The van der Waals surface area contributed by atoms with Crippen molar-refractivity contribution in [2.45, 2.75) is 20.8 Å². The summed E-state index contributed by atoms with van der Waals surface area (Å²) in [5.74, 6) is -0.0822. The van der Waals surface area contributed by atoms with Crippen molar-refractivity contribution in [3.05, 3.63) is 30.1 Å². The molecule has 1 heterocycles. The summed E-state index contributed by atoms with van der Waals surface area (Å²) < 4.78 is 1.56. The van der Waals surface area contributed by atoms with Crippen LogP contribution in [0.15, 0.2) is 24.5 Å². The van der Waals surface area contributed by atoms with Crippen molar-refractivity contribution < 1.29 is 4.79 Å². The van der Waals surface area contributed by atoms with Gasteiger partial charge in [0.25, 0.3) is 0 Å². The van der Waals surface area contributed by atoms with E-state index in [1.54, 1.807) is 4.68 Å². The quantitative estimate of drug-likeness (QED) is 0.859. The standard InChI is InChI=1S/C14H20N6O/c1-9(2)12(7-15)14(21)17-11-5-4-10(3)13(6-11)20-8-16-18-19-20/h4-6,8-9,12H,7,15H2,1-3H3,(H,17,21). The Morgan fingerprint density at radius 1 is 1.43 bits per heavy atom. The van der Waals surface area contributed by atoms with Gasteiger partial charge >= 0.3 is 0 Å². The van der Waals surface area contributed by atoms with Crippen molar-refractivity contribution in [2.75, 3.05) is 11.9 Å². The molecule has 0 radical (unpaired) electrons. The molecule has 0 saturated carbocycles. The van der Waals surface area contributed by atoms with Gasteiger partial charge in [-0.3, -0.25) is 4.79 Å². The number of nitrogens with one attached hydrogen (secondary N) is 1. The van der Waals surface area contributed by atoms with Crippen LogP contribution in [0.4, 0.5) is 5.69 Å². The molecule has 1 aromatic carbocycles. The van der Waals surface area contributed by atoms with Gasteiger partial charge in [-0.25, -0.2) is 4.68 Å². The Hall–Kier alpha value is -2.28. The highest BCUT2D eigenvalue weighted by molar-refractivity contribution is 5.93. The lowest BCUT2D eigenvalue weighted by molar-refractivity contribution is -0.120. The molecule has 0 spiro atoms. The van der Waals surface area contributed by atoms with Gasteiger partial charge in [-0.1, -0.05) is 19.9 Å². The number of tetrazole rings is 1. The topological polar surface area (TPSA) is 98.7 Å². The summed E-state index contributed by atoms with van der Waals surface area (Å²) in [6.45, 7) is 6.26. The summed E-state index contributed by atoms with van der Waals surface area (Å²) in [5, 5.41) is 14.0. The van der Waals surface area contributed by atoms with E-state index in [0.29, 0.717) is 12.2 Å². The number of amides is 1. The highest BCUT2D eigenvalue weighted by atomic mass is 16.1. The number of nitrogens with zero attached hydrogens (tertiary/aromatic N) is 4. The van der Waals surface area contributed by atoms with Crippen molar-refractivity contribution in [3.63, 3.8) is 0 Å². The fraction of sp³-hybridized carbons (Fsp3) is 0.429. The summed E-state index contributed by atoms with van der Waals surface area (Å²) in [6, 6.07) is 5.62. The van der Waals surface area contributed by atoms with Crippen LogP contribution in [0.5, 0.6) is 0 Å². The maximum absolute atomic E-state index is 12.2. The molecule has 112 valence electrons. The van der Waals surface area contributed by atoms with Crippen LogP contribution in [0.1, 0.15) is 19.4 Å². The SMILES string of the molecule is Cc1ccc(NC(=O)C(CN)C(C)C)cc1-n1cnnn1. The molecule has 7 nitrogen and oxygen atoms in total. The first-order valence-electron chi connectivity index (χ1n) is 6.88. The predicted octanol–water partition coefficient (Wildman–Crippen LogP) is 1.14. The van der Waals surface area contributed by atoms with Crippen LogP contribution >= 0.6 is 0 Å². The zero-order valence-electron chi connectivity index (χ0n) is 12.4. The Labute approximate surface area is 123 Å². The second-order valence-electron chi connectivity index (χ2n) is 5.33. The summed E-state index contributed by atoms with van der Waals surface area (Å²) in [4.78, 5) is 12.2. The minimum atomic E-state index is -0.206. The molecule has 7 heteroatoms. The number of anilines is 1.